The second-order valence-electron chi connectivity index (χ2n) is 12.4. The minimum Gasteiger partial charge on any atom is -0.494 e. The molecule has 0 aliphatic carbocycles. The predicted molar refractivity (Wildman–Crippen MR) is 215 cm³/mol. The number of halogens is 1. The molecule has 2 heterocycles. The molecule has 0 radical (unpaired) electrons. The topological polar surface area (TPSA) is 163 Å². The number of methoxy groups -OCH3 is 2. The first-order chi connectivity index (χ1) is 25.3. The van der Waals surface area contributed by atoms with E-state index in [0.717, 1.165) is 61.8 Å². The van der Waals surface area contributed by atoms with E-state index >= 15 is 0 Å². The Hall–Kier alpha value is -4.74. The molecule has 12 nitrogen and oxygen atoms in total. The van der Waals surface area contributed by atoms with Gasteiger partial charge < -0.3 is 19.5 Å². The van der Waals surface area contributed by atoms with E-state index < -0.39 is 26.8 Å². The quantitative estimate of drug-likeness (QED) is 0.185. The maximum atomic E-state index is 11.8. The van der Waals surface area contributed by atoms with Crippen molar-refractivity contribution in [1.29, 1.82) is 0 Å². The molecule has 0 unspecified atom stereocenters. The SMILES string of the molecule is COc1cc(-c2cccc(S(C)(=O)=O)c2)ccc1-n1nc(C)cc1C.COc1cc(Br)ccc1-n1nc(C)cc1C.CS(=O)(=O)c1cccc(B(O)O)c1. The van der Waals surface area contributed by atoms with Crippen LogP contribution in [0.3, 0.4) is 0 Å². The molecule has 2 aromatic heterocycles. The minimum absolute atomic E-state index is 0.0816. The molecule has 0 bridgehead atoms. The van der Waals surface area contributed by atoms with Crippen LogP contribution in [0.2, 0.25) is 0 Å². The van der Waals surface area contributed by atoms with Crippen LogP contribution in [-0.4, -0.2) is 80.3 Å². The molecule has 0 saturated heterocycles. The largest absolute Gasteiger partial charge is 0.494 e. The summed E-state index contributed by atoms with van der Waals surface area (Å²) in [6.07, 6.45) is 2.27. The molecule has 0 saturated carbocycles. The third-order valence-electron chi connectivity index (χ3n) is 7.98. The summed E-state index contributed by atoms with van der Waals surface area (Å²) in [5.41, 5.74) is 7.72. The maximum absolute atomic E-state index is 11.8. The Kier molecular flexibility index (Phi) is 13.7. The highest BCUT2D eigenvalue weighted by atomic mass is 79.9. The number of nitrogens with zero attached hydrogens (tertiary/aromatic N) is 4. The number of hydrogen-bond acceptors (Lipinski definition) is 10. The second kappa shape index (κ2) is 17.6. The van der Waals surface area contributed by atoms with Gasteiger partial charge >= 0.3 is 7.12 Å². The van der Waals surface area contributed by atoms with Crippen LogP contribution in [0, 0.1) is 27.7 Å². The lowest BCUT2D eigenvalue weighted by Crippen LogP contribution is -2.30. The van der Waals surface area contributed by atoms with Crippen LogP contribution in [0.5, 0.6) is 11.5 Å². The maximum Gasteiger partial charge on any atom is 0.488 e. The monoisotopic (exact) mass is 836 g/mol. The summed E-state index contributed by atoms with van der Waals surface area (Å²) in [5.74, 6) is 1.48. The Morgan fingerprint density at radius 1 is 0.611 bits per heavy atom. The summed E-state index contributed by atoms with van der Waals surface area (Å²) in [6, 6.07) is 28.2. The molecule has 0 aliphatic rings. The molecule has 6 aromatic rings. The second-order valence-corrected chi connectivity index (χ2v) is 17.3. The summed E-state index contributed by atoms with van der Waals surface area (Å²) < 4.78 is 61.3. The zero-order chi connectivity index (χ0) is 40.0. The van der Waals surface area contributed by atoms with Crippen molar-refractivity contribution in [2.75, 3.05) is 26.7 Å². The Morgan fingerprint density at radius 2 is 1.07 bits per heavy atom. The van der Waals surface area contributed by atoms with E-state index in [0.29, 0.717) is 10.6 Å². The summed E-state index contributed by atoms with van der Waals surface area (Å²) in [7, 11) is -4.89. The average Bonchev–Trinajstić information content (AvgIpc) is 3.65. The molecule has 0 amide bonds. The standard InChI is InChI=1S/C19H20N2O3S.C12H13BrN2O.C7H9BO4S/c1-13-10-14(2)21(20-13)18-9-8-16(12-19(18)24-3)15-6-5-7-17(11-15)25(4,22)23;1-8-6-9(2)15(14-8)11-5-4-10(13)7-12(11)16-3;1-13(11,12)7-4-2-3-6(5-7)8(9)10/h5-12H,1-4H3;4-7H,1-3H3;2-5,9-10H,1H3. The molecule has 2 N–H and O–H groups in total. The van der Waals surface area contributed by atoms with Crippen LogP contribution in [-0.2, 0) is 19.7 Å². The zero-order valence-corrected chi connectivity index (χ0v) is 34.4. The fourth-order valence-electron chi connectivity index (χ4n) is 5.42. The zero-order valence-electron chi connectivity index (χ0n) is 31.1. The third-order valence-corrected chi connectivity index (χ3v) is 10.7. The van der Waals surface area contributed by atoms with Gasteiger partial charge in [-0.05, 0) is 111 Å². The van der Waals surface area contributed by atoms with Gasteiger partial charge in [0.1, 0.15) is 22.9 Å². The number of aromatic nitrogens is 4. The van der Waals surface area contributed by atoms with E-state index in [9.17, 15) is 16.8 Å². The number of hydrogen-bond donors (Lipinski definition) is 2. The highest BCUT2D eigenvalue weighted by Gasteiger charge is 2.15. The molecule has 0 spiro atoms. The lowest BCUT2D eigenvalue weighted by molar-refractivity contribution is 0.411. The van der Waals surface area contributed by atoms with Crippen molar-refractivity contribution in [2.24, 2.45) is 0 Å². The molecule has 0 atom stereocenters. The van der Waals surface area contributed by atoms with Gasteiger partial charge in [-0.25, -0.2) is 26.2 Å². The van der Waals surface area contributed by atoms with Crippen LogP contribution in [0.4, 0.5) is 0 Å². The first kappa shape index (κ1) is 42.0. The Morgan fingerprint density at radius 3 is 1.54 bits per heavy atom. The van der Waals surface area contributed by atoms with E-state index in [1.165, 1.54) is 30.5 Å². The number of benzene rings is 4. The first-order valence-electron chi connectivity index (χ1n) is 16.4. The number of ether oxygens (including phenoxy) is 2. The molecule has 0 aliphatic heterocycles. The van der Waals surface area contributed by atoms with Crippen molar-refractivity contribution >= 4 is 48.2 Å². The summed E-state index contributed by atoms with van der Waals surface area (Å²) in [6.45, 7) is 7.94. The summed E-state index contributed by atoms with van der Waals surface area (Å²) in [5, 5.41) is 26.5. The van der Waals surface area contributed by atoms with Crippen LogP contribution < -0.4 is 14.9 Å². The summed E-state index contributed by atoms with van der Waals surface area (Å²) in [4.78, 5) is 0.379. The van der Waals surface area contributed by atoms with Crippen LogP contribution in [0.1, 0.15) is 22.8 Å². The van der Waals surface area contributed by atoms with E-state index in [1.54, 1.807) is 32.4 Å². The highest BCUT2D eigenvalue weighted by Crippen LogP contribution is 2.31. The molecule has 284 valence electrons. The molecule has 16 heteroatoms. The van der Waals surface area contributed by atoms with Crippen LogP contribution in [0.15, 0.2) is 111 Å². The molecular weight excluding hydrogens is 795 g/mol. The van der Waals surface area contributed by atoms with Crippen molar-refractivity contribution in [3.05, 3.63) is 124 Å². The lowest BCUT2D eigenvalue weighted by Gasteiger charge is -2.13. The Labute approximate surface area is 325 Å². The normalized spacial score (nSPS) is 11.2. The van der Waals surface area contributed by atoms with Gasteiger partial charge in [0.05, 0.1) is 35.4 Å². The van der Waals surface area contributed by atoms with Crippen molar-refractivity contribution < 1.29 is 36.4 Å². The van der Waals surface area contributed by atoms with Gasteiger partial charge in [0, 0.05) is 28.4 Å². The minimum atomic E-state index is -3.28. The van der Waals surface area contributed by atoms with E-state index in [4.69, 9.17) is 19.5 Å². The van der Waals surface area contributed by atoms with Gasteiger partial charge in [-0.1, -0.05) is 46.3 Å². The van der Waals surface area contributed by atoms with Gasteiger partial charge in [0.15, 0.2) is 19.7 Å². The average molecular weight is 838 g/mol. The number of aryl methyl sites for hydroxylation is 4. The first-order valence-corrected chi connectivity index (χ1v) is 21.0. The van der Waals surface area contributed by atoms with Gasteiger partial charge in [0.2, 0.25) is 0 Å². The van der Waals surface area contributed by atoms with E-state index in [-0.39, 0.29) is 10.4 Å². The highest BCUT2D eigenvalue weighted by molar-refractivity contribution is 9.10. The third kappa shape index (κ3) is 10.7. The van der Waals surface area contributed by atoms with Crippen molar-refractivity contribution in [2.45, 2.75) is 37.5 Å². The van der Waals surface area contributed by atoms with Crippen molar-refractivity contribution in [3.63, 3.8) is 0 Å². The number of sulfone groups is 2. The van der Waals surface area contributed by atoms with Crippen LogP contribution >= 0.6 is 15.9 Å². The van der Waals surface area contributed by atoms with Crippen molar-refractivity contribution in [1.82, 2.24) is 19.6 Å². The fourth-order valence-corrected chi connectivity index (χ4v) is 7.10. The van der Waals surface area contributed by atoms with E-state index in [1.807, 2.05) is 91.7 Å². The molecule has 0 fully saturated rings. The fraction of sp³-hybridized carbons (Fsp3) is 0.211. The summed E-state index contributed by atoms with van der Waals surface area (Å²) >= 11 is 3.42. The lowest BCUT2D eigenvalue weighted by atomic mass is 9.80. The predicted octanol–water partition coefficient (Wildman–Crippen LogP) is 5.60. The Balaban J connectivity index is 0.000000193. The van der Waals surface area contributed by atoms with Crippen molar-refractivity contribution in [3.8, 4) is 34.0 Å². The van der Waals surface area contributed by atoms with Crippen LogP contribution in [0.25, 0.3) is 22.5 Å². The van der Waals surface area contributed by atoms with Gasteiger partial charge in [-0.3, -0.25) is 0 Å². The van der Waals surface area contributed by atoms with E-state index in [2.05, 4.69) is 26.1 Å². The Bertz CT molecular complexity index is 2480. The van der Waals surface area contributed by atoms with Gasteiger partial charge in [-0.15, -0.1) is 0 Å². The van der Waals surface area contributed by atoms with Gasteiger partial charge in [-0.2, -0.15) is 10.2 Å². The van der Waals surface area contributed by atoms with Gasteiger partial charge in [0.25, 0.3) is 0 Å². The smallest absolute Gasteiger partial charge is 0.488 e. The molecule has 6 rings (SSSR count). The molecule has 54 heavy (non-hydrogen) atoms. The number of rotatable bonds is 8. The molecular formula is C38H42BBrN4O8S2. The molecule has 4 aromatic carbocycles.